The van der Waals surface area contributed by atoms with Gasteiger partial charge in [0.05, 0.1) is 16.9 Å². The minimum absolute atomic E-state index is 0.0131. The summed E-state index contributed by atoms with van der Waals surface area (Å²) in [6.45, 7) is 16.5. The topological polar surface area (TPSA) is 96.3 Å². The van der Waals surface area contributed by atoms with Crippen molar-refractivity contribution in [2.75, 3.05) is 12.3 Å². The maximum atomic E-state index is 12.9. The van der Waals surface area contributed by atoms with Gasteiger partial charge in [-0.05, 0) is 104 Å². The third-order valence-electron chi connectivity index (χ3n) is 14.2. The first-order valence-corrected chi connectivity index (χ1v) is 18.0. The second-order valence-electron chi connectivity index (χ2n) is 16.9. The molecule has 0 spiro atoms. The summed E-state index contributed by atoms with van der Waals surface area (Å²) in [6.07, 6.45) is 11.9. The molecule has 0 radical (unpaired) electrons. The summed E-state index contributed by atoms with van der Waals surface area (Å²) < 4.78 is 0.413. The lowest BCUT2D eigenvalue weighted by atomic mass is 9.33. The molecule has 6 aliphatic rings. The Morgan fingerprint density at radius 1 is 1.05 bits per heavy atom. The molecule has 5 aliphatic carbocycles. The van der Waals surface area contributed by atoms with E-state index >= 15 is 0 Å². The van der Waals surface area contributed by atoms with Crippen molar-refractivity contribution >= 4 is 51.9 Å². The summed E-state index contributed by atoms with van der Waals surface area (Å²) in [5.41, 5.74) is 1.84. The summed E-state index contributed by atoms with van der Waals surface area (Å²) in [7, 11) is 0. The van der Waals surface area contributed by atoms with Gasteiger partial charge in [0.1, 0.15) is 10.9 Å². The highest BCUT2D eigenvalue weighted by molar-refractivity contribution is 8.23. The molecule has 0 aromatic rings. The molecule has 44 heavy (non-hydrogen) atoms. The summed E-state index contributed by atoms with van der Waals surface area (Å²) >= 11 is 6.48. The van der Waals surface area contributed by atoms with Crippen molar-refractivity contribution in [3.63, 3.8) is 0 Å². The molecule has 4 saturated carbocycles. The summed E-state index contributed by atoms with van der Waals surface area (Å²) in [4.78, 5) is 44.4. The number of thiocarbonyl (C=S) groups is 1. The van der Waals surface area contributed by atoms with Crippen molar-refractivity contribution < 1.29 is 24.3 Å². The zero-order valence-corrected chi connectivity index (χ0v) is 29.2. The molecular formula is C35H50N2O5S2. The predicted molar refractivity (Wildman–Crippen MR) is 177 cm³/mol. The van der Waals surface area contributed by atoms with Gasteiger partial charge in [-0.2, -0.15) is 0 Å². The number of oxime groups is 1. The van der Waals surface area contributed by atoms with E-state index < -0.39 is 17.4 Å². The first-order valence-electron chi connectivity index (χ1n) is 16.6. The maximum Gasteiger partial charge on any atom is 0.354 e. The molecule has 9 heteroatoms. The largest absolute Gasteiger partial charge is 0.481 e. The van der Waals surface area contributed by atoms with Crippen LogP contribution in [0.3, 0.4) is 0 Å². The Kier molecular flexibility index (Phi) is 7.60. The van der Waals surface area contributed by atoms with E-state index in [1.807, 2.05) is 0 Å². The Morgan fingerprint density at radius 3 is 2.41 bits per heavy atom. The van der Waals surface area contributed by atoms with Crippen molar-refractivity contribution in [2.24, 2.45) is 55.4 Å². The fraction of sp³-hybridized carbons (Fsp3) is 0.800. The van der Waals surface area contributed by atoms with Gasteiger partial charge in [0.25, 0.3) is 0 Å². The van der Waals surface area contributed by atoms with Crippen LogP contribution in [0.15, 0.2) is 16.8 Å². The van der Waals surface area contributed by atoms with Crippen molar-refractivity contribution in [3.05, 3.63) is 11.6 Å². The minimum atomic E-state index is -0.618. The number of hydrogen-bond acceptors (Lipinski definition) is 7. The van der Waals surface area contributed by atoms with Crippen LogP contribution in [0.1, 0.15) is 113 Å². The van der Waals surface area contributed by atoms with Crippen molar-refractivity contribution in [1.82, 2.24) is 4.90 Å². The number of aliphatic carboxylic acids is 1. The molecule has 7 atom stereocenters. The SMILES string of the molecule is CC1(C)CC[C@]2(C(=O)O)CC[C@]3(C)C(=CC[C@@H]4[C@@]5(C)CC/C(=N/OC(=O)CN6C(=O)CSC6=S)C(C)(C)[C@@H]5CC[C@]43C)[C@@H]2C1. The van der Waals surface area contributed by atoms with Gasteiger partial charge in [-0.15, -0.1) is 0 Å². The highest BCUT2D eigenvalue weighted by Crippen LogP contribution is 2.75. The number of amides is 1. The molecule has 6 rings (SSSR count). The van der Waals surface area contributed by atoms with Crippen LogP contribution in [-0.2, 0) is 19.2 Å². The van der Waals surface area contributed by atoms with Crippen LogP contribution in [0.2, 0.25) is 0 Å². The van der Waals surface area contributed by atoms with Crippen LogP contribution >= 0.6 is 24.0 Å². The Morgan fingerprint density at radius 2 is 1.75 bits per heavy atom. The van der Waals surface area contributed by atoms with Crippen LogP contribution in [0, 0.1) is 50.2 Å². The van der Waals surface area contributed by atoms with Gasteiger partial charge in [0, 0.05) is 5.41 Å². The number of carbonyl (C=O) groups is 3. The molecule has 7 nitrogen and oxygen atoms in total. The van der Waals surface area contributed by atoms with Crippen molar-refractivity contribution in [2.45, 2.75) is 113 Å². The molecule has 1 N–H and O–H groups in total. The number of thioether (sulfide) groups is 1. The lowest BCUT2D eigenvalue weighted by Crippen LogP contribution is -2.64. The van der Waals surface area contributed by atoms with Gasteiger partial charge >= 0.3 is 11.9 Å². The third-order valence-corrected chi connectivity index (χ3v) is 15.7. The lowest BCUT2D eigenvalue weighted by molar-refractivity contribution is -0.179. The Balaban J connectivity index is 1.27. The number of hydrogen-bond donors (Lipinski definition) is 1. The molecule has 0 aromatic carbocycles. The van der Waals surface area contributed by atoms with E-state index in [-0.39, 0.29) is 51.2 Å². The first kappa shape index (κ1) is 32.2. The van der Waals surface area contributed by atoms with Crippen molar-refractivity contribution in [1.29, 1.82) is 0 Å². The van der Waals surface area contributed by atoms with Crippen LogP contribution in [-0.4, -0.2) is 50.2 Å². The molecule has 0 unspecified atom stereocenters. The molecule has 242 valence electrons. The Hall–Kier alpha value is -1.74. The van der Waals surface area contributed by atoms with Crippen LogP contribution < -0.4 is 0 Å². The van der Waals surface area contributed by atoms with Gasteiger partial charge < -0.3 is 9.94 Å². The predicted octanol–water partition coefficient (Wildman–Crippen LogP) is 7.63. The number of carboxylic acid groups (broad SMARTS) is 1. The number of carboxylic acids is 1. The normalized spacial score (nSPS) is 43.3. The summed E-state index contributed by atoms with van der Waals surface area (Å²) in [5, 5.41) is 15.1. The Bertz CT molecular complexity index is 1350. The van der Waals surface area contributed by atoms with Gasteiger partial charge in [0.15, 0.2) is 0 Å². The quantitative estimate of drug-likeness (QED) is 0.146. The van der Waals surface area contributed by atoms with E-state index in [0.717, 1.165) is 69.9 Å². The number of allylic oxidation sites excluding steroid dienone is 2. The fourth-order valence-electron chi connectivity index (χ4n) is 11.4. The van der Waals surface area contributed by atoms with Crippen LogP contribution in [0.5, 0.6) is 0 Å². The maximum absolute atomic E-state index is 12.9. The van der Waals surface area contributed by atoms with E-state index in [4.69, 9.17) is 17.1 Å². The van der Waals surface area contributed by atoms with Gasteiger partial charge in [0.2, 0.25) is 5.91 Å². The summed E-state index contributed by atoms with van der Waals surface area (Å²) in [6, 6.07) is 0. The minimum Gasteiger partial charge on any atom is -0.481 e. The second-order valence-corrected chi connectivity index (χ2v) is 18.5. The smallest absolute Gasteiger partial charge is 0.354 e. The van der Waals surface area contributed by atoms with E-state index in [9.17, 15) is 19.5 Å². The van der Waals surface area contributed by atoms with E-state index in [2.05, 4.69) is 59.7 Å². The van der Waals surface area contributed by atoms with Crippen LogP contribution in [0.4, 0.5) is 0 Å². The molecule has 5 fully saturated rings. The highest BCUT2D eigenvalue weighted by Gasteiger charge is 2.69. The average molecular weight is 643 g/mol. The second kappa shape index (κ2) is 10.4. The average Bonchev–Trinajstić information content (AvgIpc) is 3.24. The lowest BCUT2D eigenvalue weighted by Gasteiger charge is -2.70. The fourth-order valence-corrected chi connectivity index (χ4v) is 12.5. The monoisotopic (exact) mass is 642 g/mol. The molecule has 0 bridgehead atoms. The van der Waals surface area contributed by atoms with Crippen LogP contribution in [0.25, 0.3) is 0 Å². The van der Waals surface area contributed by atoms with Crippen molar-refractivity contribution in [3.8, 4) is 0 Å². The first-order chi connectivity index (χ1) is 20.4. The van der Waals surface area contributed by atoms with Gasteiger partial charge in [-0.3, -0.25) is 14.5 Å². The molecule has 1 saturated heterocycles. The molecule has 1 aliphatic heterocycles. The molecule has 0 aromatic heterocycles. The Labute approximate surface area is 272 Å². The standard InChI is InChI=1S/C35H50N2O5S2/c1-30(2)14-16-35(28(40)41)17-15-33(6)21(22(35)18-30)8-9-24-32(5)12-11-25(31(3,4)23(32)10-13-34(24,33)7)36-42-27(39)19-37-26(38)20-44-29(37)43/h8,22-24H,9-20H2,1-7H3,(H,40,41)/b36-25-/t22-,23-,24+,32-,33+,34+,35-/m0/s1. The number of rotatable bonds is 4. The van der Waals surface area contributed by atoms with E-state index in [0.29, 0.717) is 16.2 Å². The zero-order valence-electron chi connectivity index (χ0n) is 27.6. The molecule has 1 amide bonds. The highest BCUT2D eigenvalue weighted by atomic mass is 32.2. The third kappa shape index (κ3) is 4.51. The number of nitrogens with zero attached hydrogens (tertiary/aromatic N) is 2. The molecular weight excluding hydrogens is 593 g/mol. The number of carbonyl (C=O) groups excluding carboxylic acids is 2. The van der Waals surface area contributed by atoms with Gasteiger partial charge in [-0.1, -0.05) is 89.3 Å². The van der Waals surface area contributed by atoms with E-state index in [1.54, 1.807) is 0 Å². The van der Waals surface area contributed by atoms with E-state index in [1.165, 1.54) is 22.2 Å². The number of fused-ring (bicyclic) bond motifs is 7. The summed E-state index contributed by atoms with van der Waals surface area (Å²) in [5.74, 6) is -0.0555. The van der Waals surface area contributed by atoms with Gasteiger partial charge in [-0.25, -0.2) is 4.79 Å². The molecule has 1 heterocycles. The zero-order chi connectivity index (χ0) is 32.1.